The zero-order valence-electron chi connectivity index (χ0n) is 15.2. The zero-order chi connectivity index (χ0) is 19.1. The van der Waals surface area contributed by atoms with Gasteiger partial charge in [-0.3, -0.25) is 14.3 Å². The minimum Gasteiger partial charge on any atom is -0.481 e. The summed E-state index contributed by atoms with van der Waals surface area (Å²) in [5.74, 6) is -1.50. The number of fused-ring (bicyclic) bond motifs is 1. The van der Waals surface area contributed by atoms with Crippen LogP contribution in [0.25, 0.3) is 21.6 Å². The third-order valence-electron chi connectivity index (χ3n) is 5.03. The molecule has 3 aromatic heterocycles. The van der Waals surface area contributed by atoms with Gasteiger partial charge in [0.2, 0.25) is 0 Å². The van der Waals surface area contributed by atoms with Crippen LogP contribution in [-0.4, -0.2) is 49.7 Å². The number of pyridine rings is 1. The largest absolute Gasteiger partial charge is 0.481 e. The fourth-order valence-electron chi connectivity index (χ4n) is 3.70. The molecule has 140 valence electrons. The molecule has 1 aliphatic rings. The highest BCUT2D eigenvalue weighted by atomic mass is 32.1. The van der Waals surface area contributed by atoms with E-state index in [1.54, 1.807) is 20.9 Å². The Balaban J connectivity index is 1.82. The number of thiophene rings is 1. The molecule has 1 N–H and O–H groups in total. The SMILES string of the molecule is Cc1nn(C)c2nc(-c3cccs3)cc(C(=O)N3CCCC(C(=O)O)C3)c12. The molecule has 0 radical (unpaired) electrons. The molecular weight excluding hydrogens is 364 g/mol. The smallest absolute Gasteiger partial charge is 0.308 e. The quantitative estimate of drug-likeness (QED) is 0.750. The molecule has 4 heterocycles. The second-order valence-electron chi connectivity index (χ2n) is 6.87. The summed E-state index contributed by atoms with van der Waals surface area (Å²) in [6.45, 7) is 2.67. The van der Waals surface area contributed by atoms with Crippen LogP contribution in [0.15, 0.2) is 23.6 Å². The highest BCUT2D eigenvalue weighted by Gasteiger charge is 2.30. The second kappa shape index (κ2) is 6.77. The Kier molecular flexibility index (Phi) is 4.43. The van der Waals surface area contributed by atoms with Crippen molar-refractivity contribution in [2.75, 3.05) is 13.1 Å². The first-order valence-corrected chi connectivity index (χ1v) is 9.74. The van der Waals surface area contributed by atoms with Gasteiger partial charge in [-0.1, -0.05) is 6.07 Å². The number of hydrogen-bond donors (Lipinski definition) is 1. The Bertz CT molecular complexity index is 1030. The lowest BCUT2D eigenvalue weighted by atomic mass is 9.97. The van der Waals surface area contributed by atoms with E-state index in [4.69, 9.17) is 4.98 Å². The van der Waals surface area contributed by atoms with E-state index in [2.05, 4.69) is 5.10 Å². The summed E-state index contributed by atoms with van der Waals surface area (Å²) in [7, 11) is 1.82. The van der Waals surface area contributed by atoms with Gasteiger partial charge < -0.3 is 10.0 Å². The Hall–Kier alpha value is -2.74. The lowest BCUT2D eigenvalue weighted by Crippen LogP contribution is -2.42. The van der Waals surface area contributed by atoms with Crippen LogP contribution < -0.4 is 0 Å². The first-order valence-electron chi connectivity index (χ1n) is 8.86. The molecule has 8 heteroatoms. The van der Waals surface area contributed by atoms with Crippen LogP contribution >= 0.6 is 11.3 Å². The van der Waals surface area contributed by atoms with Crippen molar-refractivity contribution in [2.24, 2.45) is 13.0 Å². The Labute approximate surface area is 160 Å². The molecule has 0 spiro atoms. The van der Waals surface area contributed by atoms with Gasteiger partial charge in [0.25, 0.3) is 5.91 Å². The van der Waals surface area contributed by atoms with Crippen molar-refractivity contribution in [1.82, 2.24) is 19.7 Å². The molecule has 1 unspecified atom stereocenters. The molecule has 4 rings (SSSR count). The first-order chi connectivity index (χ1) is 13.0. The first kappa shape index (κ1) is 17.7. The van der Waals surface area contributed by atoms with Crippen LogP contribution in [0.3, 0.4) is 0 Å². The van der Waals surface area contributed by atoms with Crippen LogP contribution in [0.4, 0.5) is 0 Å². The van der Waals surface area contributed by atoms with Gasteiger partial charge in [0.05, 0.1) is 33.1 Å². The van der Waals surface area contributed by atoms with Crippen molar-refractivity contribution in [3.8, 4) is 10.6 Å². The Morgan fingerprint density at radius 2 is 2.19 bits per heavy atom. The fourth-order valence-corrected chi connectivity index (χ4v) is 4.38. The average molecular weight is 384 g/mol. The Morgan fingerprint density at radius 1 is 1.37 bits per heavy atom. The number of aliphatic carboxylic acids is 1. The van der Waals surface area contributed by atoms with Gasteiger partial charge in [0.15, 0.2) is 5.65 Å². The molecule has 0 aromatic carbocycles. The summed E-state index contributed by atoms with van der Waals surface area (Å²) in [5, 5.41) is 16.5. The molecule has 3 aromatic rings. The van der Waals surface area contributed by atoms with E-state index in [9.17, 15) is 14.7 Å². The van der Waals surface area contributed by atoms with Crippen LogP contribution in [0.1, 0.15) is 28.9 Å². The number of likely N-dealkylation sites (tertiary alicyclic amines) is 1. The maximum absolute atomic E-state index is 13.3. The van der Waals surface area contributed by atoms with Crippen molar-refractivity contribution in [3.63, 3.8) is 0 Å². The minimum atomic E-state index is -0.843. The summed E-state index contributed by atoms with van der Waals surface area (Å²) in [6, 6.07) is 5.73. The number of carboxylic acid groups (broad SMARTS) is 1. The molecule has 0 bridgehead atoms. The van der Waals surface area contributed by atoms with Crippen LogP contribution in [-0.2, 0) is 11.8 Å². The van der Waals surface area contributed by atoms with E-state index in [0.717, 1.165) is 21.7 Å². The number of amides is 1. The van der Waals surface area contributed by atoms with Crippen LogP contribution in [0, 0.1) is 12.8 Å². The van der Waals surface area contributed by atoms with Gasteiger partial charge >= 0.3 is 5.97 Å². The number of aryl methyl sites for hydroxylation is 2. The molecule has 1 saturated heterocycles. The molecule has 1 fully saturated rings. The molecule has 1 amide bonds. The number of carbonyl (C=O) groups excluding carboxylic acids is 1. The summed E-state index contributed by atoms with van der Waals surface area (Å²) in [6.07, 6.45) is 1.30. The van der Waals surface area contributed by atoms with Crippen LogP contribution in [0.5, 0.6) is 0 Å². The van der Waals surface area contributed by atoms with Gasteiger partial charge in [0, 0.05) is 20.1 Å². The van der Waals surface area contributed by atoms with Gasteiger partial charge in [-0.15, -0.1) is 11.3 Å². The van der Waals surface area contributed by atoms with Crippen molar-refractivity contribution in [3.05, 3.63) is 34.8 Å². The third-order valence-corrected chi connectivity index (χ3v) is 5.92. The summed E-state index contributed by atoms with van der Waals surface area (Å²) in [4.78, 5) is 32.1. The van der Waals surface area contributed by atoms with Crippen LogP contribution in [0.2, 0.25) is 0 Å². The fraction of sp³-hybridized carbons (Fsp3) is 0.368. The molecule has 1 atom stereocenters. The highest BCUT2D eigenvalue weighted by molar-refractivity contribution is 7.13. The molecule has 0 saturated carbocycles. The van der Waals surface area contributed by atoms with Crippen molar-refractivity contribution in [2.45, 2.75) is 19.8 Å². The van der Waals surface area contributed by atoms with Gasteiger partial charge in [-0.2, -0.15) is 5.10 Å². The molecule has 1 aliphatic heterocycles. The van der Waals surface area contributed by atoms with E-state index in [0.29, 0.717) is 30.6 Å². The van der Waals surface area contributed by atoms with Gasteiger partial charge in [-0.25, -0.2) is 4.98 Å². The van der Waals surface area contributed by atoms with E-state index < -0.39 is 11.9 Å². The van der Waals surface area contributed by atoms with Crippen molar-refractivity contribution >= 4 is 34.2 Å². The highest BCUT2D eigenvalue weighted by Crippen LogP contribution is 2.30. The average Bonchev–Trinajstić information content (AvgIpc) is 3.29. The number of rotatable bonds is 3. The topological polar surface area (TPSA) is 88.3 Å². The van der Waals surface area contributed by atoms with E-state index in [-0.39, 0.29) is 12.5 Å². The number of aromatic nitrogens is 3. The predicted molar refractivity (Wildman–Crippen MR) is 103 cm³/mol. The summed E-state index contributed by atoms with van der Waals surface area (Å²) < 4.78 is 1.69. The van der Waals surface area contributed by atoms with E-state index in [1.165, 1.54) is 0 Å². The van der Waals surface area contributed by atoms with E-state index in [1.807, 2.05) is 37.6 Å². The lowest BCUT2D eigenvalue weighted by molar-refractivity contribution is -0.143. The number of carboxylic acids is 1. The number of hydrogen-bond acceptors (Lipinski definition) is 5. The predicted octanol–water partition coefficient (Wildman–Crippen LogP) is 2.94. The van der Waals surface area contributed by atoms with Crippen molar-refractivity contribution < 1.29 is 14.7 Å². The summed E-state index contributed by atoms with van der Waals surface area (Å²) in [5.41, 5.74) is 2.68. The second-order valence-corrected chi connectivity index (χ2v) is 7.82. The van der Waals surface area contributed by atoms with Gasteiger partial charge in [-0.05, 0) is 37.3 Å². The third kappa shape index (κ3) is 3.10. The normalized spacial score (nSPS) is 17.4. The maximum Gasteiger partial charge on any atom is 0.308 e. The molecular formula is C19H20N4O3S. The monoisotopic (exact) mass is 384 g/mol. The number of piperidine rings is 1. The zero-order valence-corrected chi connectivity index (χ0v) is 16.0. The number of carbonyl (C=O) groups is 2. The molecule has 7 nitrogen and oxygen atoms in total. The lowest BCUT2D eigenvalue weighted by Gasteiger charge is -2.31. The molecule has 27 heavy (non-hydrogen) atoms. The number of nitrogens with zero attached hydrogens (tertiary/aromatic N) is 4. The Morgan fingerprint density at radius 3 is 2.89 bits per heavy atom. The molecule has 0 aliphatic carbocycles. The standard InChI is InChI=1S/C19H20N4O3S/c1-11-16-13(18(24)23-7-3-5-12(10-23)19(25)26)9-14(15-6-4-8-27-15)20-17(16)22(2)21-11/h4,6,8-9,12H,3,5,7,10H2,1-2H3,(H,25,26). The van der Waals surface area contributed by atoms with Gasteiger partial charge in [0.1, 0.15) is 0 Å². The minimum absolute atomic E-state index is 0.151. The van der Waals surface area contributed by atoms with Crippen molar-refractivity contribution in [1.29, 1.82) is 0 Å². The van der Waals surface area contributed by atoms with E-state index >= 15 is 0 Å². The summed E-state index contributed by atoms with van der Waals surface area (Å²) >= 11 is 1.56. The maximum atomic E-state index is 13.3.